The summed E-state index contributed by atoms with van der Waals surface area (Å²) in [6.07, 6.45) is 7.72. The highest BCUT2D eigenvalue weighted by Crippen LogP contribution is 2.31. The number of nitrogens with one attached hydrogen (secondary N) is 1. The fourth-order valence-corrected chi connectivity index (χ4v) is 3.17. The Hall–Kier alpha value is -2.28. The van der Waals surface area contributed by atoms with Crippen molar-refractivity contribution in [2.45, 2.75) is 38.0 Å². The molecule has 6 nitrogen and oxygen atoms in total. The average molecular weight is 344 g/mol. The minimum atomic E-state index is -0.352. The second kappa shape index (κ2) is 7.53. The van der Waals surface area contributed by atoms with Crippen molar-refractivity contribution in [3.63, 3.8) is 0 Å². The lowest BCUT2D eigenvalue weighted by atomic mass is 9.89. The number of rotatable bonds is 4. The number of aromatic amines is 1. The van der Waals surface area contributed by atoms with Crippen LogP contribution in [0.1, 0.15) is 59.8 Å². The summed E-state index contributed by atoms with van der Waals surface area (Å²) in [4.78, 5) is 11.4. The summed E-state index contributed by atoms with van der Waals surface area (Å²) in [6, 6.07) is 7.06. The van der Waals surface area contributed by atoms with Crippen LogP contribution in [-0.4, -0.2) is 34.2 Å². The highest BCUT2D eigenvalue weighted by Gasteiger charge is 2.21. The Labute approximate surface area is 145 Å². The molecule has 7 heteroatoms. The van der Waals surface area contributed by atoms with Gasteiger partial charge in [0.15, 0.2) is 5.82 Å². The van der Waals surface area contributed by atoms with Crippen LogP contribution in [0.2, 0.25) is 0 Å². The zero-order chi connectivity index (χ0) is 16.9. The lowest BCUT2D eigenvalue weighted by Gasteiger charge is -2.19. The van der Waals surface area contributed by atoms with Gasteiger partial charge in [-0.2, -0.15) is 14.9 Å². The van der Waals surface area contributed by atoms with Crippen LogP contribution in [0.4, 0.5) is 0 Å². The summed E-state index contributed by atoms with van der Waals surface area (Å²) < 4.78 is 6.90. The molecule has 3 rings (SSSR count). The van der Waals surface area contributed by atoms with Crippen molar-refractivity contribution in [1.29, 1.82) is 0 Å². The van der Waals surface area contributed by atoms with Crippen LogP contribution < -0.4 is 0 Å². The van der Waals surface area contributed by atoms with E-state index in [4.69, 9.17) is 17.0 Å². The van der Waals surface area contributed by atoms with Crippen molar-refractivity contribution in [2.75, 3.05) is 7.11 Å². The van der Waals surface area contributed by atoms with Crippen molar-refractivity contribution in [3.8, 4) is 0 Å². The lowest BCUT2D eigenvalue weighted by Crippen LogP contribution is -2.10. The summed E-state index contributed by atoms with van der Waals surface area (Å²) in [5, 5.41) is 11.7. The highest BCUT2D eigenvalue weighted by atomic mass is 32.1. The molecule has 1 aliphatic rings. The van der Waals surface area contributed by atoms with E-state index in [1.54, 1.807) is 23.0 Å². The van der Waals surface area contributed by atoms with Gasteiger partial charge >= 0.3 is 5.97 Å². The monoisotopic (exact) mass is 344 g/mol. The number of methoxy groups -OCH3 is 1. The molecule has 0 amide bonds. The van der Waals surface area contributed by atoms with Gasteiger partial charge in [0, 0.05) is 5.92 Å². The fourth-order valence-electron chi connectivity index (χ4n) is 2.99. The van der Waals surface area contributed by atoms with Gasteiger partial charge in [-0.05, 0) is 42.8 Å². The molecule has 2 aromatic rings. The number of aromatic nitrogens is 3. The van der Waals surface area contributed by atoms with Crippen molar-refractivity contribution in [1.82, 2.24) is 14.9 Å². The van der Waals surface area contributed by atoms with Gasteiger partial charge in [0.1, 0.15) is 0 Å². The van der Waals surface area contributed by atoms with E-state index in [0.29, 0.717) is 16.3 Å². The molecule has 0 unspecified atom stereocenters. The largest absolute Gasteiger partial charge is 0.465 e. The Morgan fingerprint density at radius 1 is 1.33 bits per heavy atom. The molecule has 0 radical (unpaired) electrons. The Morgan fingerprint density at radius 3 is 2.71 bits per heavy atom. The summed E-state index contributed by atoms with van der Waals surface area (Å²) in [6.45, 7) is 0. The van der Waals surface area contributed by atoms with E-state index in [-0.39, 0.29) is 5.97 Å². The second-order valence-corrected chi connectivity index (χ2v) is 6.28. The van der Waals surface area contributed by atoms with E-state index < -0.39 is 0 Å². The Morgan fingerprint density at radius 2 is 2.04 bits per heavy atom. The third-order valence-corrected chi connectivity index (χ3v) is 4.56. The molecule has 0 spiro atoms. The van der Waals surface area contributed by atoms with Crippen LogP contribution in [-0.2, 0) is 4.74 Å². The molecule has 1 aliphatic carbocycles. The number of hydrogen-bond donors (Lipinski definition) is 1. The average Bonchev–Trinajstić information content (AvgIpc) is 3.01. The van der Waals surface area contributed by atoms with Crippen LogP contribution >= 0.6 is 12.2 Å². The van der Waals surface area contributed by atoms with Crippen LogP contribution in [0.3, 0.4) is 0 Å². The van der Waals surface area contributed by atoms with Crippen LogP contribution in [0.5, 0.6) is 0 Å². The smallest absolute Gasteiger partial charge is 0.337 e. The van der Waals surface area contributed by atoms with Gasteiger partial charge in [-0.3, -0.25) is 5.10 Å². The van der Waals surface area contributed by atoms with Crippen molar-refractivity contribution in [2.24, 2.45) is 5.10 Å². The van der Waals surface area contributed by atoms with Gasteiger partial charge in [-0.15, -0.1) is 0 Å². The number of nitrogens with zero attached hydrogens (tertiary/aromatic N) is 3. The first-order chi connectivity index (χ1) is 11.7. The van der Waals surface area contributed by atoms with E-state index in [1.165, 1.54) is 26.4 Å². The number of carbonyl (C=O) groups is 1. The molecule has 1 N–H and O–H groups in total. The number of carbonyl (C=O) groups excluding carboxylic acids is 1. The number of hydrogen-bond acceptors (Lipinski definition) is 5. The lowest BCUT2D eigenvalue weighted by molar-refractivity contribution is 0.0600. The fraction of sp³-hybridized carbons (Fsp3) is 0.412. The predicted octanol–water partition coefficient (Wildman–Crippen LogP) is 3.66. The minimum absolute atomic E-state index is 0.352. The molecule has 1 saturated carbocycles. The van der Waals surface area contributed by atoms with Gasteiger partial charge in [0.05, 0.1) is 18.9 Å². The highest BCUT2D eigenvalue weighted by molar-refractivity contribution is 7.71. The molecule has 1 heterocycles. The first-order valence-electron chi connectivity index (χ1n) is 8.09. The van der Waals surface area contributed by atoms with Crippen molar-refractivity contribution < 1.29 is 9.53 Å². The quantitative estimate of drug-likeness (QED) is 0.522. The van der Waals surface area contributed by atoms with Gasteiger partial charge in [-0.25, -0.2) is 4.79 Å². The van der Waals surface area contributed by atoms with Gasteiger partial charge in [0.2, 0.25) is 4.77 Å². The zero-order valence-corrected chi connectivity index (χ0v) is 14.4. The van der Waals surface area contributed by atoms with Gasteiger partial charge in [-0.1, -0.05) is 31.4 Å². The normalized spacial score (nSPS) is 15.7. The SMILES string of the molecule is COC(=O)c1ccc(C=Nn2c(C3CCCCC3)n[nH]c2=S)cc1. The van der Waals surface area contributed by atoms with E-state index in [0.717, 1.165) is 24.2 Å². The second-order valence-electron chi connectivity index (χ2n) is 5.89. The Kier molecular flexibility index (Phi) is 5.20. The predicted molar refractivity (Wildman–Crippen MR) is 94.0 cm³/mol. The number of ether oxygens (including phenoxy) is 1. The maximum Gasteiger partial charge on any atom is 0.337 e. The summed E-state index contributed by atoms with van der Waals surface area (Å²) >= 11 is 5.30. The third-order valence-electron chi connectivity index (χ3n) is 4.30. The van der Waals surface area contributed by atoms with Crippen molar-refractivity contribution >= 4 is 24.4 Å². The molecule has 1 aromatic heterocycles. The van der Waals surface area contributed by atoms with E-state index in [1.807, 2.05) is 12.1 Å². The van der Waals surface area contributed by atoms with Crippen LogP contribution in [0, 0.1) is 4.77 Å². The molecule has 24 heavy (non-hydrogen) atoms. The summed E-state index contributed by atoms with van der Waals surface area (Å²) in [5.41, 5.74) is 1.39. The Bertz CT molecular complexity index is 786. The standard InChI is InChI=1S/C17H20N4O2S/c1-23-16(22)14-9-7-12(8-10-14)11-18-21-15(19-20-17(21)24)13-5-3-2-4-6-13/h7-11,13H,2-6H2,1H3,(H,20,24). The molecular formula is C17H20N4O2S. The topological polar surface area (TPSA) is 72.3 Å². The minimum Gasteiger partial charge on any atom is -0.465 e. The molecule has 0 bridgehead atoms. The van der Waals surface area contributed by atoms with Gasteiger partial charge in [0.25, 0.3) is 0 Å². The Balaban J connectivity index is 1.80. The first kappa shape index (κ1) is 16.6. The summed E-state index contributed by atoms with van der Waals surface area (Å²) in [7, 11) is 1.37. The maximum absolute atomic E-state index is 11.4. The maximum atomic E-state index is 11.4. The molecule has 0 atom stereocenters. The molecule has 1 aromatic carbocycles. The zero-order valence-electron chi connectivity index (χ0n) is 13.6. The number of esters is 1. The summed E-state index contributed by atoms with van der Waals surface area (Å²) in [5.74, 6) is 0.961. The van der Waals surface area contributed by atoms with E-state index in [9.17, 15) is 4.79 Å². The number of H-pyrrole nitrogens is 1. The molecule has 1 fully saturated rings. The molecule has 0 saturated heterocycles. The first-order valence-corrected chi connectivity index (χ1v) is 8.50. The van der Waals surface area contributed by atoms with Crippen molar-refractivity contribution in [3.05, 3.63) is 46.0 Å². The molecule has 126 valence electrons. The van der Waals surface area contributed by atoms with E-state index in [2.05, 4.69) is 15.3 Å². The molecule has 0 aliphatic heterocycles. The third kappa shape index (κ3) is 3.62. The number of benzene rings is 1. The van der Waals surface area contributed by atoms with Crippen LogP contribution in [0.15, 0.2) is 29.4 Å². The van der Waals surface area contributed by atoms with E-state index >= 15 is 0 Å². The van der Waals surface area contributed by atoms with Gasteiger partial charge < -0.3 is 4.74 Å². The van der Waals surface area contributed by atoms with Crippen LogP contribution in [0.25, 0.3) is 0 Å². The molecular weight excluding hydrogens is 324 g/mol.